The van der Waals surface area contributed by atoms with E-state index in [4.69, 9.17) is 0 Å². The standard InChI is InChI=1S/C6H16N2Si/c1-5-4-7(3)6(2)8(5)9/h5-6H,4H2,1-3,9H3. The smallest absolute Gasteiger partial charge is 0.0807 e. The van der Waals surface area contributed by atoms with Gasteiger partial charge in [-0.3, -0.25) is 4.90 Å². The molecule has 0 saturated carbocycles. The molecule has 1 saturated heterocycles. The fourth-order valence-electron chi connectivity index (χ4n) is 1.38. The first kappa shape index (κ1) is 7.25. The third-order valence-corrected chi connectivity index (χ3v) is 4.10. The van der Waals surface area contributed by atoms with E-state index in [1.54, 1.807) is 0 Å². The van der Waals surface area contributed by atoms with Crippen molar-refractivity contribution in [3.63, 3.8) is 0 Å². The van der Waals surface area contributed by atoms with Crippen LogP contribution in [0.25, 0.3) is 0 Å². The maximum atomic E-state index is 2.53. The van der Waals surface area contributed by atoms with E-state index in [-0.39, 0.29) is 0 Å². The van der Waals surface area contributed by atoms with Gasteiger partial charge >= 0.3 is 0 Å². The molecule has 1 aliphatic rings. The molecule has 0 amide bonds. The Morgan fingerprint density at radius 2 is 2.00 bits per heavy atom. The highest BCUT2D eigenvalue weighted by molar-refractivity contribution is 6.04. The molecular weight excluding hydrogens is 128 g/mol. The molecule has 0 aromatic carbocycles. The van der Waals surface area contributed by atoms with Crippen LogP contribution in [0.2, 0.25) is 0 Å². The zero-order valence-corrected chi connectivity index (χ0v) is 8.76. The molecule has 0 aromatic rings. The molecule has 9 heavy (non-hydrogen) atoms. The highest BCUT2D eigenvalue weighted by Crippen LogP contribution is 2.13. The summed E-state index contributed by atoms with van der Waals surface area (Å²) in [5.41, 5.74) is 0. The third-order valence-electron chi connectivity index (χ3n) is 2.47. The quantitative estimate of drug-likeness (QED) is 0.413. The summed E-state index contributed by atoms with van der Waals surface area (Å²) in [6.45, 7) is 5.81. The minimum atomic E-state index is 0.687. The summed E-state index contributed by atoms with van der Waals surface area (Å²) in [6.07, 6.45) is 0.687. The van der Waals surface area contributed by atoms with Gasteiger partial charge in [0.25, 0.3) is 0 Å². The van der Waals surface area contributed by atoms with Crippen molar-refractivity contribution in [1.82, 2.24) is 9.47 Å². The van der Waals surface area contributed by atoms with Crippen LogP contribution in [0.1, 0.15) is 13.8 Å². The molecule has 0 bridgehead atoms. The van der Waals surface area contributed by atoms with Crippen LogP contribution in [0.5, 0.6) is 0 Å². The largest absolute Gasteiger partial charge is 0.314 e. The van der Waals surface area contributed by atoms with E-state index in [1.807, 2.05) is 0 Å². The normalized spacial score (nSPS) is 40.3. The highest BCUT2D eigenvalue weighted by atomic mass is 28.2. The Morgan fingerprint density at radius 1 is 1.44 bits per heavy atom. The molecule has 0 radical (unpaired) electrons. The topological polar surface area (TPSA) is 6.48 Å². The van der Waals surface area contributed by atoms with E-state index in [1.165, 1.54) is 16.9 Å². The first-order valence-corrected chi connectivity index (χ1v) is 4.44. The Morgan fingerprint density at radius 3 is 2.11 bits per heavy atom. The van der Waals surface area contributed by atoms with Crippen molar-refractivity contribution in [2.45, 2.75) is 26.1 Å². The van der Waals surface area contributed by atoms with Gasteiger partial charge in [0.2, 0.25) is 0 Å². The minimum Gasteiger partial charge on any atom is -0.314 e. The number of hydrogen-bond donors (Lipinski definition) is 0. The first-order valence-electron chi connectivity index (χ1n) is 3.55. The second-order valence-electron chi connectivity index (χ2n) is 3.09. The Bertz CT molecular complexity index is 95.2. The number of likely N-dealkylation sites (N-methyl/N-ethyl adjacent to an activating group) is 1. The summed E-state index contributed by atoms with van der Waals surface area (Å²) < 4.78 is 2.53. The number of rotatable bonds is 0. The third kappa shape index (κ3) is 1.18. The van der Waals surface area contributed by atoms with Crippen molar-refractivity contribution in [3.05, 3.63) is 0 Å². The molecule has 2 unspecified atom stereocenters. The monoisotopic (exact) mass is 144 g/mol. The van der Waals surface area contributed by atoms with E-state index in [2.05, 4.69) is 30.4 Å². The summed E-state index contributed by atoms with van der Waals surface area (Å²) in [5, 5.41) is 0. The predicted octanol–water partition coefficient (Wildman–Crippen LogP) is -0.751. The van der Waals surface area contributed by atoms with Gasteiger partial charge in [0.15, 0.2) is 0 Å². The van der Waals surface area contributed by atoms with E-state index >= 15 is 0 Å². The molecule has 0 N–H and O–H groups in total. The van der Waals surface area contributed by atoms with Crippen LogP contribution < -0.4 is 0 Å². The molecule has 2 atom stereocenters. The fourth-order valence-corrected chi connectivity index (χ4v) is 1.93. The lowest BCUT2D eigenvalue weighted by Gasteiger charge is -2.21. The summed E-state index contributed by atoms with van der Waals surface area (Å²) in [6, 6.07) is 0.789. The van der Waals surface area contributed by atoms with Gasteiger partial charge in [0, 0.05) is 12.6 Å². The summed E-state index contributed by atoms with van der Waals surface area (Å²) >= 11 is 0. The van der Waals surface area contributed by atoms with E-state index in [0.29, 0.717) is 6.17 Å². The maximum Gasteiger partial charge on any atom is 0.0807 e. The molecule has 54 valence electrons. The lowest BCUT2D eigenvalue weighted by molar-refractivity contribution is 0.252. The van der Waals surface area contributed by atoms with Crippen LogP contribution in [0.4, 0.5) is 0 Å². The molecular formula is C6H16N2Si. The molecule has 2 nitrogen and oxygen atoms in total. The lowest BCUT2D eigenvalue weighted by Crippen LogP contribution is -2.33. The van der Waals surface area contributed by atoms with Gasteiger partial charge in [0.05, 0.1) is 16.6 Å². The molecule has 0 aromatic heterocycles. The summed E-state index contributed by atoms with van der Waals surface area (Å²) in [4.78, 5) is 2.40. The molecule has 1 rings (SSSR count). The van der Waals surface area contributed by atoms with Crippen molar-refractivity contribution >= 4 is 10.4 Å². The number of hydrogen-bond acceptors (Lipinski definition) is 2. The Hall–Kier alpha value is 0.137. The van der Waals surface area contributed by atoms with Crippen LogP contribution in [0.3, 0.4) is 0 Å². The van der Waals surface area contributed by atoms with Gasteiger partial charge < -0.3 is 4.57 Å². The van der Waals surface area contributed by atoms with Crippen molar-refractivity contribution < 1.29 is 0 Å². The summed E-state index contributed by atoms with van der Waals surface area (Å²) in [5.74, 6) is 0. The molecule has 3 heteroatoms. The highest BCUT2D eigenvalue weighted by Gasteiger charge is 2.27. The van der Waals surface area contributed by atoms with Gasteiger partial charge in [-0.1, -0.05) is 0 Å². The van der Waals surface area contributed by atoms with Gasteiger partial charge in [-0.2, -0.15) is 0 Å². The molecule has 0 aliphatic carbocycles. The van der Waals surface area contributed by atoms with Crippen LogP contribution in [-0.2, 0) is 0 Å². The van der Waals surface area contributed by atoms with Crippen LogP contribution >= 0.6 is 0 Å². The van der Waals surface area contributed by atoms with Gasteiger partial charge in [0.1, 0.15) is 0 Å². The molecule has 1 aliphatic heterocycles. The van der Waals surface area contributed by atoms with Gasteiger partial charge in [-0.25, -0.2) is 0 Å². The van der Waals surface area contributed by atoms with Crippen molar-refractivity contribution in [3.8, 4) is 0 Å². The Labute approximate surface area is 60.3 Å². The molecule has 0 spiro atoms. The van der Waals surface area contributed by atoms with Crippen molar-refractivity contribution in [2.75, 3.05) is 13.6 Å². The van der Waals surface area contributed by atoms with Crippen LogP contribution in [0.15, 0.2) is 0 Å². The maximum absolute atomic E-state index is 2.53. The predicted molar refractivity (Wildman–Crippen MR) is 43.3 cm³/mol. The average Bonchev–Trinajstić information content (AvgIpc) is 1.98. The van der Waals surface area contributed by atoms with Crippen LogP contribution in [-0.4, -0.2) is 45.7 Å². The van der Waals surface area contributed by atoms with Gasteiger partial charge in [-0.05, 0) is 20.9 Å². The zero-order valence-electron chi connectivity index (χ0n) is 6.76. The second kappa shape index (κ2) is 2.40. The summed E-state index contributed by atoms with van der Waals surface area (Å²) in [7, 11) is 3.39. The molecule has 1 fully saturated rings. The van der Waals surface area contributed by atoms with E-state index in [0.717, 1.165) is 6.04 Å². The Kier molecular flexibility index (Phi) is 1.93. The van der Waals surface area contributed by atoms with E-state index < -0.39 is 0 Å². The van der Waals surface area contributed by atoms with Crippen LogP contribution in [0, 0.1) is 0 Å². The SMILES string of the molecule is CC1CN(C)C(C)N1[SiH3]. The second-order valence-corrected chi connectivity index (χ2v) is 4.12. The molecule has 1 heterocycles. The lowest BCUT2D eigenvalue weighted by atomic mass is 10.4. The fraction of sp³-hybridized carbons (Fsp3) is 1.00. The zero-order chi connectivity index (χ0) is 7.02. The first-order chi connectivity index (χ1) is 4.13. The van der Waals surface area contributed by atoms with Gasteiger partial charge in [-0.15, -0.1) is 0 Å². The Balaban J connectivity index is 2.54. The van der Waals surface area contributed by atoms with Crippen molar-refractivity contribution in [1.29, 1.82) is 0 Å². The average molecular weight is 144 g/mol. The van der Waals surface area contributed by atoms with Crippen molar-refractivity contribution in [2.24, 2.45) is 0 Å². The van der Waals surface area contributed by atoms with E-state index in [9.17, 15) is 0 Å². The minimum absolute atomic E-state index is 0.687. The number of nitrogens with zero attached hydrogens (tertiary/aromatic N) is 2.